The minimum absolute atomic E-state index is 0.490. The van der Waals surface area contributed by atoms with E-state index in [1.807, 2.05) is 0 Å². The Morgan fingerprint density at radius 1 is 0.786 bits per heavy atom. The summed E-state index contributed by atoms with van der Waals surface area (Å²) >= 11 is 0. The summed E-state index contributed by atoms with van der Waals surface area (Å²) < 4.78 is 9.92. The molecule has 1 aliphatic carbocycles. The lowest BCUT2D eigenvalue weighted by atomic mass is 9.91. The first-order valence-corrected chi connectivity index (χ1v) is 5.94. The van der Waals surface area contributed by atoms with Crippen molar-refractivity contribution in [3.8, 4) is 0 Å². The molecule has 0 aromatic heterocycles. The van der Waals surface area contributed by atoms with Crippen molar-refractivity contribution in [2.75, 3.05) is 20.0 Å². The molecule has 14 heavy (non-hydrogen) atoms. The van der Waals surface area contributed by atoms with Crippen LogP contribution < -0.4 is 0 Å². The van der Waals surface area contributed by atoms with Crippen molar-refractivity contribution in [3.05, 3.63) is 0 Å². The largest absolute Gasteiger partial charge is 0.355 e. The highest BCUT2D eigenvalue weighted by Crippen LogP contribution is 2.22. The van der Waals surface area contributed by atoms with Crippen LogP contribution in [0.5, 0.6) is 0 Å². The maximum absolute atomic E-state index is 4.96. The zero-order chi connectivity index (χ0) is 10.2. The molecule has 0 atom stereocenters. The Morgan fingerprint density at radius 2 is 1.36 bits per heavy atom. The van der Waals surface area contributed by atoms with Gasteiger partial charge in [-0.2, -0.15) is 0 Å². The van der Waals surface area contributed by atoms with Crippen molar-refractivity contribution in [2.24, 2.45) is 11.8 Å². The Hall–Kier alpha value is -0.0800. The van der Waals surface area contributed by atoms with Crippen LogP contribution in [0.3, 0.4) is 0 Å². The molecular weight excluding hydrogens is 176 g/mol. The highest BCUT2D eigenvalue weighted by atomic mass is 16.7. The minimum atomic E-state index is 0.490. The van der Waals surface area contributed by atoms with E-state index in [2.05, 4.69) is 13.8 Å². The maximum Gasteiger partial charge on any atom is 0.146 e. The van der Waals surface area contributed by atoms with Crippen LogP contribution in [0, 0.1) is 11.8 Å². The van der Waals surface area contributed by atoms with Crippen LogP contribution in [0.2, 0.25) is 0 Å². The van der Waals surface area contributed by atoms with Crippen LogP contribution in [0.15, 0.2) is 0 Å². The highest BCUT2D eigenvalue weighted by Gasteiger charge is 2.06. The van der Waals surface area contributed by atoms with Crippen LogP contribution >= 0.6 is 0 Å². The van der Waals surface area contributed by atoms with Crippen molar-refractivity contribution in [1.82, 2.24) is 0 Å². The molecule has 2 heteroatoms. The topological polar surface area (TPSA) is 18.5 Å². The lowest BCUT2D eigenvalue weighted by molar-refractivity contribution is -0.121. The Balaban J connectivity index is 0.000000140. The number of hydrogen-bond acceptors (Lipinski definition) is 2. The summed E-state index contributed by atoms with van der Waals surface area (Å²) in [5.74, 6) is 1.63. The minimum Gasteiger partial charge on any atom is -0.355 e. The molecule has 0 aromatic rings. The molecule has 1 heterocycles. The van der Waals surface area contributed by atoms with Gasteiger partial charge in [0.05, 0.1) is 13.2 Å². The molecule has 1 saturated heterocycles. The zero-order valence-corrected chi connectivity index (χ0v) is 9.63. The predicted octanol–water partition coefficient (Wildman–Crippen LogP) is 3.21. The van der Waals surface area contributed by atoms with Gasteiger partial charge in [-0.3, -0.25) is 0 Å². The molecule has 0 amide bonds. The second kappa shape index (κ2) is 7.24. The van der Waals surface area contributed by atoms with E-state index in [0.29, 0.717) is 12.7 Å². The zero-order valence-electron chi connectivity index (χ0n) is 9.63. The van der Waals surface area contributed by atoms with E-state index in [4.69, 9.17) is 9.47 Å². The van der Waals surface area contributed by atoms with Gasteiger partial charge in [0.1, 0.15) is 6.79 Å². The van der Waals surface area contributed by atoms with Crippen molar-refractivity contribution >= 4 is 0 Å². The highest BCUT2D eigenvalue weighted by molar-refractivity contribution is 4.59. The van der Waals surface area contributed by atoms with E-state index in [0.717, 1.165) is 19.1 Å². The Labute approximate surface area is 88.0 Å². The third kappa shape index (κ3) is 5.61. The van der Waals surface area contributed by atoms with E-state index < -0.39 is 0 Å². The van der Waals surface area contributed by atoms with E-state index in [9.17, 15) is 0 Å². The molecule has 0 N–H and O–H groups in total. The van der Waals surface area contributed by atoms with Gasteiger partial charge in [-0.25, -0.2) is 0 Å². The second-order valence-electron chi connectivity index (χ2n) is 4.71. The van der Waals surface area contributed by atoms with Crippen molar-refractivity contribution in [3.63, 3.8) is 0 Å². The average Bonchev–Trinajstić information content (AvgIpc) is 2.21. The van der Waals surface area contributed by atoms with E-state index in [-0.39, 0.29) is 0 Å². The first kappa shape index (κ1) is 12.0. The van der Waals surface area contributed by atoms with E-state index in [1.165, 1.54) is 32.1 Å². The SMILES string of the molecule is CC1CCCCC1.CC1COCOC1. The Morgan fingerprint density at radius 3 is 1.64 bits per heavy atom. The smallest absolute Gasteiger partial charge is 0.146 e. The normalized spacial score (nSPS) is 25.3. The molecule has 2 aliphatic rings. The maximum atomic E-state index is 4.96. The molecule has 0 radical (unpaired) electrons. The van der Waals surface area contributed by atoms with Gasteiger partial charge in [-0.15, -0.1) is 0 Å². The Kier molecular flexibility index (Phi) is 6.20. The third-order valence-corrected chi connectivity index (χ3v) is 2.87. The summed E-state index contributed by atoms with van der Waals surface area (Å²) in [7, 11) is 0. The molecule has 0 aromatic carbocycles. The number of rotatable bonds is 0. The second-order valence-corrected chi connectivity index (χ2v) is 4.71. The summed E-state index contributed by atoms with van der Waals surface area (Å²) in [5, 5.41) is 0. The number of hydrogen-bond donors (Lipinski definition) is 0. The number of ether oxygens (including phenoxy) is 2. The van der Waals surface area contributed by atoms with Gasteiger partial charge in [0.25, 0.3) is 0 Å². The van der Waals surface area contributed by atoms with Gasteiger partial charge in [0.15, 0.2) is 0 Å². The predicted molar refractivity (Wildman–Crippen MR) is 58.2 cm³/mol. The van der Waals surface area contributed by atoms with Crippen LogP contribution in [0.25, 0.3) is 0 Å². The van der Waals surface area contributed by atoms with Gasteiger partial charge in [-0.05, 0) is 5.92 Å². The molecule has 84 valence electrons. The van der Waals surface area contributed by atoms with Gasteiger partial charge in [0, 0.05) is 5.92 Å². The van der Waals surface area contributed by atoms with E-state index in [1.54, 1.807) is 0 Å². The summed E-state index contributed by atoms with van der Waals surface area (Å²) in [6, 6.07) is 0. The average molecular weight is 200 g/mol. The first-order chi connectivity index (χ1) is 6.79. The third-order valence-electron chi connectivity index (χ3n) is 2.87. The first-order valence-electron chi connectivity index (χ1n) is 5.94. The fraction of sp³-hybridized carbons (Fsp3) is 1.00. The lowest BCUT2D eigenvalue weighted by Crippen LogP contribution is -2.20. The van der Waals surface area contributed by atoms with Crippen LogP contribution in [-0.4, -0.2) is 20.0 Å². The van der Waals surface area contributed by atoms with Gasteiger partial charge < -0.3 is 9.47 Å². The summed E-state index contributed by atoms with van der Waals surface area (Å²) in [4.78, 5) is 0. The molecule has 2 nitrogen and oxygen atoms in total. The van der Waals surface area contributed by atoms with Crippen LogP contribution in [-0.2, 0) is 9.47 Å². The van der Waals surface area contributed by atoms with Crippen molar-refractivity contribution < 1.29 is 9.47 Å². The molecule has 2 fully saturated rings. The molecule has 0 spiro atoms. The molecule has 2 rings (SSSR count). The molecule has 0 unspecified atom stereocenters. The summed E-state index contributed by atoms with van der Waals surface area (Å²) in [6.07, 6.45) is 7.44. The summed E-state index contributed by atoms with van der Waals surface area (Å²) in [6.45, 7) is 6.68. The quantitative estimate of drug-likeness (QED) is 0.598. The van der Waals surface area contributed by atoms with Crippen LogP contribution in [0.1, 0.15) is 46.0 Å². The molecule has 0 bridgehead atoms. The van der Waals surface area contributed by atoms with Gasteiger partial charge in [-0.1, -0.05) is 46.0 Å². The Bertz CT molecular complexity index is 108. The standard InChI is InChI=1S/C7H14.C5H10O2/c1-7-5-3-2-4-6-7;1-5-2-6-4-7-3-5/h7H,2-6H2,1H3;5H,2-4H2,1H3. The molecule has 1 saturated carbocycles. The lowest BCUT2D eigenvalue weighted by Gasteiger charge is -2.17. The van der Waals surface area contributed by atoms with Crippen LogP contribution in [0.4, 0.5) is 0 Å². The summed E-state index contributed by atoms with van der Waals surface area (Å²) in [5.41, 5.74) is 0. The fourth-order valence-electron chi connectivity index (χ4n) is 1.91. The van der Waals surface area contributed by atoms with E-state index >= 15 is 0 Å². The molecule has 1 aliphatic heterocycles. The van der Waals surface area contributed by atoms with Crippen molar-refractivity contribution in [2.45, 2.75) is 46.0 Å². The van der Waals surface area contributed by atoms with Gasteiger partial charge in [0.2, 0.25) is 0 Å². The van der Waals surface area contributed by atoms with Crippen molar-refractivity contribution in [1.29, 1.82) is 0 Å². The molecular formula is C12H24O2. The monoisotopic (exact) mass is 200 g/mol. The van der Waals surface area contributed by atoms with Gasteiger partial charge >= 0.3 is 0 Å². The fourth-order valence-corrected chi connectivity index (χ4v) is 1.91.